The number of carbonyl (C=O) groups is 1. The van der Waals surface area contributed by atoms with Crippen LogP contribution in [0.3, 0.4) is 0 Å². The zero-order valence-corrected chi connectivity index (χ0v) is 9.23. The molecule has 4 heteroatoms. The average Bonchev–Trinajstić information content (AvgIpc) is 2.61. The highest BCUT2D eigenvalue weighted by molar-refractivity contribution is 7.07. The average molecular weight is 210 g/mol. The fraction of sp³-hybridized carbons (Fsp3) is 0.600. The first-order valence-corrected chi connectivity index (χ1v) is 5.69. The Kier molecular flexibility index (Phi) is 2.31. The van der Waals surface area contributed by atoms with Gasteiger partial charge in [-0.1, -0.05) is 13.8 Å². The van der Waals surface area contributed by atoms with Crippen LogP contribution in [0, 0.1) is 11.3 Å². The third-order valence-corrected chi connectivity index (χ3v) is 3.39. The van der Waals surface area contributed by atoms with Crippen molar-refractivity contribution in [3.05, 3.63) is 16.6 Å². The molecule has 2 rings (SSSR count). The van der Waals surface area contributed by atoms with E-state index >= 15 is 0 Å². The summed E-state index contributed by atoms with van der Waals surface area (Å²) in [7, 11) is 0. The van der Waals surface area contributed by atoms with Gasteiger partial charge >= 0.3 is 0 Å². The van der Waals surface area contributed by atoms with Crippen LogP contribution in [0.1, 0.15) is 26.0 Å². The smallest absolute Gasteiger partial charge is 0.223 e. The van der Waals surface area contributed by atoms with Gasteiger partial charge in [-0.05, 0) is 11.8 Å². The van der Waals surface area contributed by atoms with Gasteiger partial charge in [0.25, 0.3) is 0 Å². The second-order valence-electron chi connectivity index (χ2n) is 4.44. The standard InChI is InChI=1S/C10H14N2OS/c1-10(2)3-8(10)9(13)11-4-7-5-14-6-12-7/h5-6,8H,3-4H2,1-2H3,(H,11,13)/t8-/m1/s1. The van der Waals surface area contributed by atoms with Gasteiger partial charge in [0.15, 0.2) is 0 Å². The van der Waals surface area contributed by atoms with Crippen molar-refractivity contribution < 1.29 is 4.79 Å². The molecule has 0 aliphatic heterocycles. The molecule has 0 bridgehead atoms. The third-order valence-electron chi connectivity index (χ3n) is 2.76. The summed E-state index contributed by atoms with van der Waals surface area (Å²) in [6.45, 7) is 4.81. The number of thiazole rings is 1. The predicted octanol–water partition coefficient (Wildman–Crippen LogP) is 1.81. The highest BCUT2D eigenvalue weighted by Gasteiger charge is 2.50. The van der Waals surface area contributed by atoms with Gasteiger partial charge in [0.1, 0.15) is 0 Å². The summed E-state index contributed by atoms with van der Waals surface area (Å²) in [5.74, 6) is 0.379. The molecule has 1 aromatic heterocycles. The lowest BCUT2D eigenvalue weighted by Gasteiger charge is -2.04. The Morgan fingerprint density at radius 1 is 1.79 bits per heavy atom. The summed E-state index contributed by atoms with van der Waals surface area (Å²) in [6.07, 6.45) is 1.01. The van der Waals surface area contributed by atoms with Crippen LogP contribution in [0.2, 0.25) is 0 Å². The van der Waals surface area contributed by atoms with Crippen molar-refractivity contribution in [1.29, 1.82) is 0 Å². The Bertz CT molecular complexity index is 332. The second kappa shape index (κ2) is 3.35. The number of nitrogens with zero attached hydrogens (tertiary/aromatic N) is 1. The molecule has 1 heterocycles. The number of rotatable bonds is 3. The van der Waals surface area contributed by atoms with Crippen LogP contribution in [0.5, 0.6) is 0 Å². The molecule has 1 amide bonds. The lowest BCUT2D eigenvalue weighted by molar-refractivity contribution is -0.123. The second-order valence-corrected chi connectivity index (χ2v) is 5.16. The minimum atomic E-state index is 0.169. The van der Waals surface area contributed by atoms with E-state index in [4.69, 9.17) is 0 Å². The van der Waals surface area contributed by atoms with Crippen molar-refractivity contribution in [3.8, 4) is 0 Å². The van der Waals surface area contributed by atoms with Crippen molar-refractivity contribution in [2.45, 2.75) is 26.8 Å². The molecule has 0 unspecified atom stereocenters. The first-order chi connectivity index (χ1) is 6.59. The Balaban J connectivity index is 1.80. The first kappa shape index (κ1) is 9.65. The van der Waals surface area contributed by atoms with Crippen LogP contribution in [0.15, 0.2) is 10.9 Å². The molecular weight excluding hydrogens is 196 g/mol. The van der Waals surface area contributed by atoms with Gasteiger partial charge in [0.2, 0.25) is 5.91 Å². The molecule has 1 atom stereocenters. The number of carbonyl (C=O) groups excluding carboxylic acids is 1. The first-order valence-electron chi connectivity index (χ1n) is 4.74. The van der Waals surface area contributed by atoms with E-state index in [9.17, 15) is 4.79 Å². The van der Waals surface area contributed by atoms with Gasteiger partial charge < -0.3 is 5.32 Å². The van der Waals surface area contributed by atoms with E-state index in [0.29, 0.717) is 6.54 Å². The quantitative estimate of drug-likeness (QED) is 0.826. The minimum Gasteiger partial charge on any atom is -0.350 e. The lowest BCUT2D eigenvalue weighted by atomic mass is 10.1. The molecule has 0 spiro atoms. The van der Waals surface area contributed by atoms with Crippen LogP contribution < -0.4 is 5.32 Å². The SMILES string of the molecule is CC1(C)C[C@@H]1C(=O)NCc1cscn1. The molecular formula is C10H14N2OS. The number of hydrogen-bond donors (Lipinski definition) is 1. The van der Waals surface area contributed by atoms with Gasteiger partial charge in [0.05, 0.1) is 17.7 Å². The van der Waals surface area contributed by atoms with Crippen molar-refractivity contribution in [3.63, 3.8) is 0 Å². The molecule has 1 aliphatic rings. The number of nitrogens with one attached hydrogen (secondary N) is 1. The van der Waals surface area contributed by atoms with E-state index < -0.39 is 0 Å². The summed E-state index contributed by atoms with van der Waals surface area (Å²) in [6, 6.07) is 0. The highest BCUT2D eigenvalue weighted by atomic mass is 32.1. The summed E-state index contributed by atoms with van der Waals surface area (Å²) < 4.78 is 0. The van der Waals surface area contributed by atoms with Gasteiger partial charge in [-0.3, -0.25) is 4.79 Å². The molecule has 0 saturated heterocycles. The van der Waals surface area contributed by atoms with Gasteiger partial charge in [-0.15, -0.1) is 11.3 Å². The monoisotopic (exact) mass is 210 g/mol. The zero-order chi connectivity index (χ0) is 10.2. The number of aromatic nitrogens is 1. The van der Waals surface area contributed by atoms with Gasteiger partial charge in [0, 0.05) is 11.3 Å². The van der Waals surface area contributed by atoms with Crippen LogP contribution in [-0.4, -0.2) is 10.9 Å². The van der Waals surface area contributed by atoms with E-state index in [1.54, 1.807) is 16.8 Å². The minimum absolute atomic E-state index is 0.169. The van der Waals surface area contributed by atoms with Crippen LogP contribution >= 0.6 is 11.3 Å². The Morgan fingerprint density at radius 2 is 2.50 bits per heavy atom. The zero-order valence-electron chi connectivity index (χ0n) is 8.41. The van der Waals surface area contributed by atoms with Crippen molar-refractivity contribution >= 4 is 17.2 Å². The molecule has 1 aromatic rings. The Labute approximate surface area is 87.6 Å². The van der Waals surface area contributed by atoms with Crippen LogP contribution in [-0.2, 0) is 11.3 Å². The van der Waals surface area contributed by atoms with Gasteiger partial charge in [-0.2, -0.15) is 0 Å². The van der Waals surface area contributed by atoms with E-state index in [1.165, 1.54) is 0 Å². The Morgan fingerprint density at radius 3 is 3.00 bits per heavy atom. The summed E-state index contributed by atoms with van der Waals surface area (Å²) in [5.41, 5.74) is 2.94. The molecule has 3 nitrogen and oxygen atoms in total. The normalized spacial score (nSPS) is 23.1. The summed E-state index contributed by atoms with van der Waals surface area (Å²) >= 11 is 1.55. The van der Waals surface area contributed by atoms with E-state index in [2.05, 4.69) is 24.1 Å². The van der Waals surface area contributed by atoms with Crippen molar-refractivity contribution in [1.82, 2.24) is 10.3 Å². The number of hydrogen-bond acceptors (Lipinski definition) is 3. The van der Waals surface area contributed by atoms with Gasteiger partial charge in [-0.25, -0.2) is 4.98 Å². The van der Waals surface area contributed by atoms with Crippen LogP contribution in [0.4, 0.5) is 0 Å². The molecule has 0 aromatic carbocycles. The number of amides is 1. The topological polar surface area (TPSA) is 42.0 Å². The molecule has 14 heavy (non-hydrogen) atoms. The van der Waals surface area contributed by atoms with Crippen LogP contribution in [0.25, 0.3) is 0 Å². The molecule has 1 aliphatic carbocycles. The lowest BCUT2D eigenvalue weighted by Crippen LogP contribution is -2.26. The molecule has 76 valence electrons. The summed E-state index contributed by atoms with van der Waals surface area (Å²) in [4.78, 5) is 15.7. The Hall–Kier alpha value is -0.900. The summed E-state index contributed by atoms with van der Waals surface area (Å²) in [5, 5.41) is 4.86. The van der Waals surface area contributed by atoms with Crippen molar-refractivity contribution in [2.24, 2.45) is 11.3 Å². The maximum atomic E-state index is 11.6. The van der Waals surface area contributed by atoms with E-state index in [0.717, 1.165) is 12.1 Å². The third kappa shape index (κ3) is 1.95. The fourth-order valence-corrected chi connectivity index (χ4v) is 2.10. The molecule has 1 N–H and O–H groups in total. The fourth-order valence-electron chi connectivity index (χ4n) is 1.54. The van der Waals surface area contributed by atoms with E-state index in [-0.39, 0.29) is 17.2 Å². The highest BCUT2D eigenvalue weighted by Crippen LogP contribution is 2.51. The predicted molar refractivity (Wildman–Crippen MR) is 55.8 cm³/mol. The van der Waals surface area contributed by atoms with E-state index in [1.807, 2.05) is 5.38 Å². The maximum absolute atomic E-state index is 11.6. The molecule has 1 fully saturated rings. The molecule has 0 radical (unpaired) electrons. The largest absolute Gasteiger partial charge is 0.350 e. The van der Waals surface area contributed by atoms with Crippen molar-refractivity contribution in [2.75, 3.05) is 0 Å². The molecule has 1 saturated carbocycles. The maximum Gasteiger partial charge on any atom is 0.223 e.